The van der Waals surface area contributed by atoms with E-state index < -0.39 is 17.5 Å². The van der Waals surface area contributed by atoms with Gasteiger partial charge in [-0.1, -0.05) is 0 Å². The number of halogens is 2. The Hall–Kier alpha value is -2.77. The minimum Gasteiger partial charge on any atom is -0.467 e. The summed E-state index contributed by atoms with van der Waals surface area (Å²) >= 11 is 0. The van der Waals surface area contributed by atoms with E-state index in [4.69, 9.17) is 4.74 Å². The fraction of sp³-hybridized carbons (Fsp3) is 0.389. The maximum Gasteiger partial charge on any atom is 0.262 e. The lowest BCUT2D eigenvalue weighted by molar-refractivity contribution is -0.118. The summed E-state index contributed by atoms with van der Waals surface area (Å²) in [4.78, 5) is 22.8. The third kappa shape index (κ3) is 4.65. The maximum absolute atomic E-state index is 13.6. The zero-order valence-corrected chi connectivity index (χ0v) is 14.5. The minimum atomic E-state index is -0.844. The van der Waals surface area contributed by atoms with Crippen LogP contribution < -0.4 is 15.0 Å². The van der Waals surface area contributed by atoms with Crippen molar-refractivity contribution in [1.82, 2.24) is 9.97 Å². The first-order valence-corrected chi connectivity index (χ1v) is 8.49. The normalized spacial score (nSPS) is 14.2. The fourth-order valence-corrected chi connectivity index (χ4v) is 2.75. The quantitative estimate of drug-likeness (QED) is 0.885. The fourth-order valence-electron chi connectivity index (χ4n) is 2.75. The molecular weight excluding hydrogens is 342 g/mol. The molecule has 1 aromatic heterocycles. The molecular formula is C18H20F2N4O2. The molecule has 0 bridgehead atoms. The average molecular weight is 362 g/mol. The number of carbonyl (C=O) groups is 1. The van der Waals surface area contributed by atoms with Gasteiger partial charge in [0.25, 0.3) is 5.91 Å². The Bertz CT molecular complexity index is 795. The maximum atomic E-state index is 13.6. The second-order valence-corrected chi connectivity index (χ2v) is 6.16. The highest BCUT2D eigenvalue weighted by Crippen LogP contribution is 2.20. The summed E-state index contributed by atoms with van der Waals surface area (Å²) in [5.41, 5.74) is 0.633. The topological polar surface area (TPSA) is 67.3 Å². The van der Waals surface area contributed by atoms with Crippen molar-refractivity contribution in [2.75, 3.05) is 29.9 Å². The number of piperidine rings is 1. The van der Waals surface area contributed by atoms with Gasteiger partial charge in [-0.3, -0.25) is 4.79 Å². The summed E-state index contributed by atoms with van der Waals surface area (Å²) < 4.78 is 31.9. The van der Waals surface area contributed by atoms with Gasteiger partial charge < -0.3 is 15.0 Å². The van der Waals surface area contributed by atoms with Crippen molar-refractivity contribution in [1.29, 1.82) is 0 Å². The van der Waals surface area contributed by atoms with Crippen LogP contribution in [0.1, 0.15) is 25.0 Å². The number of hydrogen-bond acceptors (Lipinski definition) is 5. The number of nitrogens with one attached hydrogen (secondary N) is 1. The van der Waals surface area contributed by atoms with Crippen molar-refractivity contribution < 1.29 is 18.3 Å². The van der Waals surface area contributed by atoms with E-state index in [-0.39, 0.29) is 18.2 Å². The number of aryl methyl sites for hydroxylation is 1. The Morgan fingerprint density at radius 3 is 2.69 bits per heavy atom. The van der Waals surface area contributed by atoms with Crippen LogP contribution in [0.3, 0.4) is 0 Å². The molecule has 2 aromatic rings. The first kappa shape index (κ1) is 18.0. The number of hydrogen-bond donors (Lipinski definition) is 1. The van der Waals surface area contributed by atoms with Gasteiger partial charge in [-0.15, -0.1) is 0 Å². The number of amides is 1. The summed E-state index contributed by atoms with van der Waals surface area (Å²) in [6.45, 7) is 3.28. The standard InChI is InChI=1S/C18H20F2N4O2/c1-12-9-17(23-18(21-12)24-7-3-2-4-8-24)26-11-16(25)22-15-6-5-13(19)10-14(15)20/h5-6,9-10H,2-4,7-8,11H2,1H3,(H,22,25). The van der Waals surface area contributed by atoms with Crippen LogP contribution in [-0.2, 0) is 4.79 Å². The number of nitrogens with zero attached hydrogens (tertiary/aromatic N) is 3. The van der Waals surface area contributed by atoms with Crippen LogP contribution in [0.5, 0.6) is 5.88 Å². The molecule has 0 unspecified atom stereocenters. The molecule has 8 heteroatoms. The highest BCUT2D eigenvalue weighted by Gasteiger charge is 2.16. The SMILES string of the molecule is Cc1cc(OCC(=O)Nc2ccc(F)cc2F)nc(N2CCCCC2)n1. The molecule has 0 spiro atoms. The highest BCUT2D eigenvalue weighted by atomic mass is 19.1. The molecule has 0 saturated carbocycles. The van der Waals surface area contributed by atoms with Crippen LogP contribution >= 0.6 is 0 Å². The molecule has 0 radical (unpaired) electrons. The summed E-state index contributed by atoms with van der Waals surface area (Å²) in [6, 6.07) is 4.57. The molecule has 1 aromatic carbocycles. The van der Waals surface area contributed by atoms with Crippen molar-refractivity contribution in [3.8, 4) is 5.88 Å². The van der Waals surface area contributed by atoms with Gasteiger partial charge in [0.15, 0.2) is 6.61 Å². The van der Waals surface area contributed by atoms with E-state index in [0.29, 0.717) is 12.0 Å². The molecule has 1 saturated heterocycles. The van der Waals surface area contributed by atoms with E-state index >= 15 is 0 Å². The Morgan fingerprint density at radius 1 is 1.19 bits per heavy atom. The third-order valence-electron chi connectivity index (χ3n) is 4.01. The van der Waals surface area contributed by atoms with Crippen LogP contribution in [0.2, 0.25) is 0 Å². The molecule has 1 aliphatic heterocycles. The molecule has 1 fully saturated rings. The smallest absolute Gasteiger partial charge is 0.262 e. The predicted molar refractivity (Wildman–Crippen MR) is 93.3 cm³/mol. The molecule has 138 valence electrons. The molecule has 1 amide bonds. The van der Waals surface area contributed by atoms with Crippen molar-refractivity contribution in [3.63, 3.8) is 0 Å². The summed E-state index contributed by atoms with van der Waals surface area (Å²) in [6.07, 6.45) is 3.39. The van der Waals surface area contributed by atoms with Gasteiger partial charge in [-0.05, 0) is 38.3 Å². The second-order valence-electron chi connectivity index (χ2n) is 6.16. The van der Waals surface area contributed by atoms with E-state index in [2.05, 4.69) is 20.2 Å². The Balaban J connectivity index is 1.61. The first-order valence-electron chi connectivity index (χ1n) is 8.49. The van der Waals surface area contributed by atoms with Gasteiger partial charge in [-0.2, -0.15) is 4.98 Å². The third-order valence-corrected chi connectivity index (χ3v) is 4.01. The lowest BCUT2D eigenvalue weighted by Gasteiger charge is -2.26. The number of carbonyl (C=O) groups excluding carboxylic acids is 1. The first-order chi connectivity index (χ1) is 12.5. The van der Waals surface area contributed by atoms with E-state index in [1.54, 1.807) is 6.07 Å². The zero-order chi connectivity index (χ0) is 18.5. The zero-order valence-electron chi connectivity index (χ0n) is 14.5. The van der Waals surface area contributed by atoms with E-state index in [0.717, 1.165) is 43.8 Å². The second kappa shape index (κ2) is 8.07. The summed E-state index contributed by atoms with van der Waals surface area (Å²) in [5.74, 6) is -1.24. The summed E-state index contributed by atoms with van der Waals surface area (Å²) in [5, 5.41) is 2.34. The van der Waals surface area contributed by atoms with Gasteiger partial charge in [0, 0.05) is 30.9 Å². The number of anilines is 2. The average Bonchev–Trinajstić information content (AvgIpc) is 2.63. The van der Waals surface area contributed by atoms with E-state index in [1.807, 2.05) is 6.92 Å². The number of rotatable bonds is 5. The van der Waals surface area contributed by atoms with Crippen LogP contribution in [0.25, 0.3) is 0 Å². The molecule has 1 N–H and O–H groups in total. The molecule has 1 aliphatic rings. The molecule has 3 rings (SSSR count). The van der Waals surface area contributed by atoms with E-state index in [9.17, 15) is 13.6 Å². The van der Waals surface area contributed by atoms with Crippen molar-refractivity contribution in [2.45, 2.75) is 26.2 Å². The van der Waals surface area contributed by atoms with Gasteiger partial charge in [0.1, 0.15) is 11.6 Å². The number of ether oxygens (including phenoxy) is 1. The van der Waals surface area contributed by atoms with Gasteiger partial charge in [0.2, 0.25) is 11.8 Å². The monoisotopic (exact) mass is 362 g/mol. The van der Waals surface area contributed by atoms with Crippen LogP contribution in [0, 0.1) is 18.6 Å². The minimum absolute atomic E-state index is 0.104. The molecule has 6 nitrogen and oxygen atoms in total. The van der Waals surface area contributed by atoms with Gasteiger partial charge in [0.05, 0.1) is 5.69 Å². The van der Waals surface area contributed by atoms with Gasteiger partial charge in [-0.25, -0.2) is 13.8 Å². The van der Waals surface area contributed by atoms with Crippen molar-refractivity contribution in [3.05, 3.63) is 41.6 Å². The van der Waals surface area contributed by atoms with Crippen LogP contribution in [0.15, 0.2) is 24.3 Å². The molecule has 2 heterocycles. The van der Waals surface area contributed by atoms with Crippen molar-refractivity contribution in [2.24, 2.45) is 0 Å². The molecule has 0 atom stereocenters. The molecule has 26 heavy (non-hydrogen) atoms. The van der Waals surface area contributed by atoms with Gasteiger partial charge >= 0.3 is 0 Å². The Kier molecular flexibility index (Phi) is 5.60. The highest BCUT2D eigenvalue weighted by molar-refractivity contribution is 5.91. The van der Waals surface area contributed by atoms with E-state index in [1.165, 1.54) is 6.42 Å². The summed E-state index contributed by atoms with van der Waals surface area (Å²) in [7, 11) is 0. The largest absolute Gasteiger partial charge is 0.467 e. The lowest BCUT2D eigenvalue weighted by atomic mass is 10.1. The van der Waals surface area contributed by atoms with Crippen molar-refractivity contribution >= 4 is 17.5 Å². The number of benzene rings is 1. The predicted octanol–water partition coefficient (Wildman–Crippen LogP) is 3.07. The number of aromatic nitrogens is 2. The Morgan fingerprint density at radius 2 is 1.96 bits per heavy atom. The Labute approximate surface area is 150 Å². The van der Waals surface area contributed by atoms with Crippen LogP contribution in [0.4, 0.5) is 20.4 Å². The van der Waals surface area contributed by atoms with Crippen LogP contribution in [-0.4, -0.2) is 35.6 Å². The lowest BCUT2D eigenvalue weighted by Crippen LogP contribution is -2.31. The molecule has 0 aliphatic carbocycles.